The molecule has 0 aromatic rings. The van der Waals surface area contributed by atoms with Crippen LogP contribution in [0.4, 0.5) is 0 Å². The van der Waals surface area contributed by atoms with Crippen molar-refractivity contribution in [3.8, 4) is 0 Å². The molecule has 1 saturated heterocycles. The Balaban J connectivity index is 2.50. The summed E-state index contributed by atoms with van der Waals surface area (Å²) in [6, 6.07) is 0.644. The Kier molecular flexibility index (Phi) is 7.67. The summed E-state index contributed by atoms with van der Waals surface area (Å²) >= 11 is 0. The summed E-state index contributed by atoms with van der Waals surface area (Å²) in [5.74, 6) is 0.0772. The van der Waals surface area contributed by atoms with Crippen LogP contribution in [0.2, 0.25) is 0 Å². The summed E-state index contributed by atoms with van der Waals surface area (Å²) in [4.78, 5) is 14.2. The first-order chi connectivity index (χ1) is 9.95. The van der Waals surface area contributed by atoms with Crippen molar-refractivity contribution < 1.29 is 9.90 Å². The topological polar surface area (TPSA) is 52.6 Å². The first-order valence-corrected chi connectivity index (χ1v) is 8.67. The molecule has 1 aliphatic heterocycles. The van der Waals surface area contributed by atoms with E-state index in [0.29, 0.717) is 12.5 Å². The molecule has 1 fully saturated rings. The molecule has 0 aromatic heterocycles. The molecule has 0 bridgehead atoms. The average molecular weight is 298 g/mol. The van der Waals surface area contributed by atoms with Crippen LogP contribution in [0.1, 0.15) is 66.2 Å². The molecule has 1 rings (SSSR count). The molecule has 1 heterocycles. The summed E-state index contributed by atoms with van der Waals surface area (Å²) in [5, 5.41) is 12.9. The minimum atomic E-state index is -0.735. The number of nitrogens with zero attached hydrogens (tertiary/aromatic N) is 1. The summed E-state index contributed by atoms with van der Waals surface area (Å²) in [6.07, 6.45) is 5.88. The van der Waals surface area contributed by atoms with Gasteiger partial charge in [0, 0.05) is 12.6 Å². The highest BCUT2D eigenvalue weighted by Crippen LogP contribution is 2.23. The molecule has 0 spiro atoms. The largest absolute Gasteiger partial charge is 0.480 e. The Morgan fingerprint density at radius 1 is 1.33 bits per heavy atom. The monoisotopic (exact) mass is 298 g/mol. The van der Waals surface area contributed by atoms with Crippen LogP contribution in [0.25, 0.3) is 0 Å². The van der Waals surface area contributed by atoms with E-state index >= 15 is 0 Å². The van der Waals surface area contributed by atoms with Crippen molar-refractivity contribution in [1.29, 1.82) is 0 Å². The zero-order valence-electron chi connectivity index (χ0n) is 14.3. The smallest absolute Gasteiger partial charge is 0.323 e. The second-order valence-corrected chi connectivity index (χ2v) is 6.80. The van der Waals surface area contributed by atoms with E-state index in [1.807, 2.05) is 6.92 Å². The molecule has 4 nitrogen and oxygen atoms in total. The Hall–Kier alpha value is -0.610. The molecule has 0 amide bonds. The maximum absolute atomic E-state index is 11.7. The van der Waals surface area contributed by atoms with Crippen LogP contribution in [-0.4, -0.2) is 47.2 Å². The minimum Gasteiger partial charge on any atom is -0.480 e. The normalized spacial score (nSPS) is 26.5. The maximum atomic E-state index is 11.7. The van der Waals surface area contributed by atoms with Crippen molar-refractivity contribution in [2.24, 2.45) is 5.92 Å². The van der Waals surface area contributed by atoms with Crippen LogP contribution in [0.5, 0.6) is 0 Å². The number of rotatable bonds is 9. The van der Waals surface area contributed by atoms with Crippen LogP contribution < -0.4 is 5.32 Å². The van der Waals surface area contributed by atoms with E-state index in [9.17, 15) is 9.90 Å². The van der Waals surface area contributed by atoms with Gasteiger partial charge in [-0.15, -0.1) is 0 Å². The van der Waals surface area contributed by atoms with Gasteiger partial charge in [-0.05, 0) is 64.5 Å². The van der Waals surface area contributed by atoms with E-state index in [1.54, 1.807) is 0 Å². The van der Waals surface area contributed by atoms with Crippen molar-refractivity contribution in [2.75, 3.05) is 19.6 Å². The fraction of sp³-hybridized carbons (Fsp3) is 0.941. The van der Waals surface area contributed by atoms with Gasteiger partial charge in [-0.2, -0.15) is 0 Å². The van der Waals surface area contributed by atoms with Crippen molar-refractivity contribution in [3.63, 3.8) is 0 Å². The number of piperidine rings is 1. The van der Waals surface area contributed by atoms with Gasteiger partial charge < -0.3 is 15.3 Å². The number of hydrogen-bond donors (Lipinski definition) is 2. The Morgan fingerprint density at radius 2 is 2.05 bits per heavy atom. The zero-order chi connectivity index (χ0) is 15.9. The highest BCUT2D eigenvalue weighted by atomic mass is 16.4. The van der Waals surface area contributed by atoms with E-state index in [-0.39, 0.29) is 0 Å². The van der Waals surface area contributed by atoms with Gasteiger partial charge in [-0.3, -0.25) is 4.79 Å². The molecule has 3 atom stereocenters. The van der Waals surface area contributed by atoms with Gasteiger partial charge in [-0.25, -0.2) is 0 Å². The Bertz CT molecular complexity index is 322. The highest BCUT2D eigenvalue weighted by Gasteiger charge is 2.35. The van der Waals surface area contributed by atoms with Gasteiger partial charge in [0.25, 0.3) is 0 Å². The second-order valence-electron chi connectivity index (χ2n) is 6.80. The molecular formula is C17H34N2O2. The number of likely N-dealkylation sites (tertiary alicyclic amines) is 1. The quantitative estimate of drug-likeness (QED) is 0.687. The fourth-order valence-electron chi connectivity index (χ4n) is 3.36. The SMILES string of the molecule is CCCNC(CC)(CCCN1CC(C)CCC1C)C(=O)O. The lowest BCUT2D eigenvalue weighted by atomic mass is 9.89. The van der Waals surface area contributed by atoms with Crippen molar-refractivity contribution in [3.05, 3.63) is 0 Å². The van der Waals surface area contributed by atoms with Gasteiger partial charge >= 0.3 is 5.97 Å². The van der Waals surface area contributed by atoms with E-state index < -0.39 is 11.5 Å². The summed E-state index contributed by atoms with van der Waals surface area (Å²) < 4.78 is 0. The standard InChI is InChI=1S/C17H34N2O2/c1-5-11-18-17(6-2,16(20)21)10-7-12-19-13-14(3)8-9-15(19)4/h14-15,18H,5-13H2,1-4H3,(H,20,21). The molecule has 0 radical (unpaired) electrons. The maximum Gasteiger partial charge on any atom is 0.323 e. The van der Waals surface area contributed by atoms with Gasteiger partial charge in [0.1, 0.15) is 5.54 Å². The van der Waals surface area contributed by atoms with Gasteiger partial charge in [0.05, 0.1) is 0 Å². The van der Waals surface area contributed by atoms with Crippen molar-refractivity contribution in [1.82, 2.24) is 10.2 Å². The van der Waals surface area contributed by atoms with Gasteiger partial charge in [-0.1, -0.05) is 20.8 Å². The lowest BCUT2D eigenvalue weighted by Gasteiger charge is -2.37. The molecule has 21 heavy (non-hydrogen) atoms. The van der Waals surface area contributed by atoms with Crippen LogP contribution >= 0.6 is 0 Å². The van der Waals surface area contributed by atoms with Crippen LogP contribution in [0.3, 0.4) is 0 Å². The molecule has 124 valence electrons. The molecule has 0 aromatic carbocycles. The second kappa shape index (κ2) is 8.74. The van der Waals surface area contributed by atoms with E-state index in [1.165, 1.54) is 12.8 Å². The van der Waals surface area contributed by atoms with Gasteiger partial charge in [0.2, 0.25) is 0 Å². The van der Waals surface area contributed by atoms with Crippen LogP contribution in [0.15, 0.2) is 0 Å². The molecule has 2 N–H and O–H groups in total. The number of hydrogen-bond acceptors (Lipinski definition) is 3. The zero-order valence-corrected chi connectivity index (χ0v) is 14.3. The van der Waals surface area contributed by atoms with Crippen molar-refractivity contribution in [2.45, 2.75) is 77.8 Å². The molecule has 1 aliphatic rings. The van der Waals surface area contributed by atoms with Crippen LogP contribution in [-0.2, 0) is 4.79 Å². The fourth-order valence-corrected chi connectivity index (χ4v) is 3.36. The minimum absolute atomic E-state index is 0.644. The summed E-state index contributed by atoms with van der Waals surface area (Å²) in [5.41, 5.74) is -0.735. The van der Waals surface area contributed by atoms with Crippen LogP contribution in [0, 0.1) is 5.92 Å². The lowest BCUT2D eigenvalue weighted by Crippen LogP contribution is -2.52. The summed E-state index contributed by atoms with van der Waals surface area (Å²) in [7, 11) is 0. The van der Waals surface area contributed by atoms with Crippen molar-refractivity contribution >= 4 is 5.97 Å². The highest BCUT2D eigenvalue weighted by molar-refractivity contribution is 5.78. The number of aliphatic carboxylic acids is 1. The molecule has 3 unspecified atom stereocenters. The average Bonchev–Trinajstić information content (AvgIpc) is 2.46. The third-order valence-electron chi connectivity index (χ3n) is 5.02. The first kappa shape index (κ1) is 18.4. The predicted molar refractivity (Wildman–Crippen MR) is 87.6 cm³/mol. The summed E-state index contributed by atoms with van der Waals surface area (Å²) in [6.45, 7) is 11.6. The predicted octanol–water partition coefficient (Wildman–Crippen LogP) is 3.12. The van der Waals surface area contributed by atoms with E-state index in [2.05, 4.69) is 31.0 Å². The third kappa shape index (κ3) is 5.26. The molecule has 0 saturated carbocycles. The Labute approximate surface area is 130 Å². The number of nitrogens with one attached hydrogen (secondary N) is 1. The molecule has 0 aliphatic carbocycles. The number of carbonyl (C=O) groups is 1. The third-order valence-corrected chi connectivity index (χ3v) is 5.02. The van der Waals surface area contributed by atoms with Gasteiger partial charge in [0.15, 0.2) is 0 Å². The first-order valence-electron chi connectivity index (χ1n) is 8.67. The molecule has 4 heteroatoms. The van der Waals surface area contributed by atoms with E-state index in [4.69, 9.17) is 0 Å². The number of carboxylic acid groups (broad SMARTS) is 1. The lowest BCUT2D eigenvalue weighted by molar-refractivity contribution is -0.145. The number of carboxylic acids is 1. The molecular weight excluding hydrogens is 264 g/mol. The Morgan fingerprint density at radius 3 is 2.62 bits per heavy atom. The van der Waals surface area contributed by atoms with E-state index in [0.717, 1.165) is 44.8 Å².